The van der Waals surface area contributed by atoms with Gasteiger partial charge in [-0.15, -0.1) is 0 Å². The molecule has 0 spiro atoms. The van der Waals surface area contributed by atoms with E-state index >= 15 is 0 Å². The number of carboxylic acids is 1. The van der Waals surface area contributed by atoms with Crippen molar-refractivity contribution in [2.24, 2.45) is 0 Å². The van der Waals surface area contributed by atoms with Crippen molar-refractivity contribution < 1.29 is 82.0 Å². The quantitative estimate of drug-likeness (QED) is 0.292. The van der Waals surface area contributed by atoms with Crippen LogP contribution in [-0.2, 0) is 14.9 Å². The first-order chi connectivity index (χ1) is 9.11. The molecule has 1 aromatic carbocycles. The number of rotatable bonds is 6. The fraction of sp³-hybridized carbons (Fsp3) is 0.364. The molecule has 1 unspecified atom stereocenters. The summed E-state index contributed by atoms with van der Waals surface area (Å²) in [4.78, 5) is 9.98. The van der Waals surface area contributed by atoms with Crippen LogP contribution in [0.2, 0.25) is 5.02 Å². The molecule has 0 aliphatic carbocycles. The summed E-state index contributed by atoms with van der Waals surface area (Å²) in [5.41, 5.74) is 6.18. The summed E-state index contributed by atoms with van der Waals surface area (Å²) in [6, 6.07) is 1.78. The Bertz CT molecular complexity index is 604. The Morgan fingerprint density at radius 1 is 1.36 bits per heavy atom. The molecule has 7 nitrogen and oxygen atoms in total. The van der Waals surface area contributed by atoms with E-state index in [4.69, 9.17) is 11.6 Å². The molecule has 1 rings (SSSR count). The predicted octanol–water partition coefficient (Wildman–Crippen LogP) is -5.99. The molecule has 0 heterocycles. The standard InChI is InChI=1S/C11H15ClN2O5S.2Na/c1-6-3-8(20(17,18)19)5-9(12)11(6)14-13-7(2)4-10(15)16;;/h3,5,7,13-14H,4H2,1-2H3,(H,15,16)(H,17,18,19);;/q;2*+1/p-2. The van der Waals surface area contributed by atoms with Crippen LogP contribution in [0.1, 0.15) is 18.9 Å². The number of carbonyl (C=O) groups is 1. The molecule has 0 aliphatic heterocycles. The van der Waals surface area contributed by atoms with Gasteiger partial charge in [-0.3, -0.25) is 0 Å². The number of nitrogens with one attached hydrogen (secondary N) is 2. The van der Waals surface area contributed by atoms with Gasteiger partial charge in [0, 0.05) is 18.4 Å². The van der Waals surface area contributed by atoms with Gasteiger partial charge in [0.2, 0.25) is 0 Å². The maximum absolute atomic E-state index is 10.9. The second-order valence-corrected chi connectivity index (χ2v) is 6.08. The Morgan fingerprint density at radius 2 is 1.91 bits per heavy atom. The van der Waals surface area contributed by atoms with Gasteiger partial charge in [0.1, 0.15) is 10.1 Å². The molecule has 0 aliphatic rings. The molecular weight excluding hydrogens is 354 g/mol. The zero-order valence-electron chi connectivity index (χ0n) is 12.8. The summed E-state index contributed by atoms with van der Waals surface area (Å²) in [5.74, 6) is -1.21. The molecule has 0 saturated carbocycles. The number of benzene rings is 1. The van der Waals surface area contributed by atoms with E-state index in [-0.39, 0.29) is 70.6 Å². The van der Waals surface area contributed by atoms with Crippen LogP contribution in [0.3, 0.4) is 0 Å². The Morgan fingerprint density at radius 3 is 2.32 bits per heavy atom. The van der Waals surface area contributed by atoms with E-state index in [0.29, 0.717) is 11.3 Å². The molecular formula is C11H13ClN2Na2O5S. The first-order valence-corrected chi connectivity index (χ1v) is 7.37. The van der Waals surface area contributed by atoms with E-state index in [1.54, 1.807) is 13.8 Å². The van der Waals surface area contributed by atoms with Crippen molar-refractivity contribution in [1.82, 2.24) is 5.43 Å². The Hall–Kier alpha value is 0.650. The number of halogens is 1. The van der Waals surface area contributed by atoms with E-state index < -0.39 is 27.0 Å². The molecule has 22 heavy (non-hydrogen) atoms. The summed E-state index contributed by atoms with van der Waals surface area (Å²) in [5, 5.41) is 10.4. The largest absolute Gasteiger partial charge is 1.00 e. The third-order valence-electron chi connectivity index (χ3n) is 2.47. The van der Waals surface area contributed by atoms with Gasteiger partial charge in [0.15, 0.2) is 0 Å². The van der Waals surface area contributed by atoms with Gasteiger partial charge in [0.25, 0.3) is 0 Å². The molecule has 0 aromatic heterocycles. The monoisotopic (exact) mass is 366 g/mol. The number of anilines is 1. The minimum Gasteiger partial charge on any atom is -0.744 e. The van der Waals surface area contributed by atoms with Gasteiger partial charge in [-0.05, 0) is 31.5 Å². The van der Waals surface area contributed by atoms with Gasteiger partial charge >= 0.3 is 59.1 Å². The number of carbonyl (C=O) groups excluding carboxylic acids is 1. The van der Waals surface area contributed by atoms with E-state index in [0.717, 1.165) is 6.07 Å². The van der Waals surface area contributed by atoms with Gasteiger partial charge in [-0.1, -0.05) is 11.6 Å². The summed E-state index contributed by atoms with van der Waals surface area (Å²) < 4.78 is 32.7. The predicted molar refractivity (Wildman–Crippen MR) is 70.0 cm³/mol. The number of hydrazine groups is 1. The van der Waals surface area contributed by atoms with Crippen molar-refractivity contribution in [3.8, 4) is 0 Å². The fourth-order valence-electron chi connectivity index (χ4n) is 1.51. The molecule has 0 saturated heterocycles. The normalized spacial score (nSPS) is 11.8. The number of aryl methyl sites for hydroxylation is 1. The average Bonchev–Trinajstić information content (AvgIpc) is 2.25. The average molecular weight is 367 g/mol. The number of hydrogen-bond acceptors (Lipinski definition) is 7. The van der Waals surface area contributed by atoms with Gasteiger partial charge < -0.3 is 19.9 Å². The molecule has 0 amide bonds. The minimum absolute atomic E-state index is 0. The smallest absolute Gasteiger partial charge is 0.744 e. The molecule has 0 fully saturated rings. The van der Waals surface area contributed by atoms with Crippen LogP contribution in [-0.4, -0.2) is 25.0 Å². The van der Waals surface area contributed by atoms with E-state index in [1.165, 1.54) is 6.07 Å². The van der Waals surface area contributed by atoms with Crippen LogP contribution in [0.15, 0.2) is 17.0 Å². The first kappa shape index (κ1) is 24.9. The Labute approximate surface area is 178 Å². The third kappa shape index (κ3) is 7.96. The molecule has 0 bridgehead atoms. The van der Waals surface area contributed by atoms with Crippen LogP contribution in [0.5, 0.6) is 0 Å². The minimum atomic E-state index is -4.58. The van der Waals surface area contributed by atoms with Crippen LogP contribution >= 0.6 is 11.6 Å². The summed E-state index contributed by atoms with van der Waals surface area (Å²) >= 11 is 5.90. The van der Waals surface area contributed by atoms with Crippen LogP contribution in [0.25, 0.3) is 0 Å². The number of hydrogen-bond donors (Lipinski definition) is 2. The van der Waals surface area contributed by atoms with Crippen LogP contribution in [0.4, 0.5) is 5.69 Å². The zero-order chi connectivity index (χ0) is 15.5. The summed E-state index contributed by atoms with van der Waals surface area (Å²) in [7, 11) is -4.58. The topological polar surface area (TPSA) is 121 Å². The van der Waals surface area contributed by atoms with Gasteiger partial charge in [-0.2, -0.15) is 0 Å². The van der Waals surface area contributed by atoms with Crippen molar-refractivity contribution in [3.05, 3.63) is 22.7 Å². The molecule has 2 N–H and O–H groups in total. The zero-order valence-corrected chi connectivity index (χ0v) is 18.3. The molecule has 1 atom stereocenters. The SMILES string of the molecule is Cc1cc(S(=O)(=O)[O-])cc(Cl)c1NNC(C)CC(=O)[O-].[Na+].[Na+]. The van der Waals surface area contributed by atoms with E-state index in [9.17, 15) is 22.9 Å². The maximum atomic E-state index is 10.9. The second kappa shape index (κ2) is 10.5. The first-order valence-electron chi connectivity index (χ1n) is 5.58. The molecule has 11 heteroatoms. The van der Waals surface area contributed by atoms with Crippen molar-refractivity contribution >= 4 is 33.4 Å². The third-order valence-corrected chi connectivity index (χ3v) is 3.58. The summed E-state index contributed by atoms with van der Waals surface area (Å²) in [6.45, 7) is 3.18. The van der Waals surface area contributed by atoms with E-state index in [2.05, 4.69) is 10.9 Å². The summed E-state index contributed by atoms with van der Waals surface area (Å²) in [6.07, 6.45) is -0.212. The molecule has 0 radical (unpaired) electrons. The van der Waals surface area contributed by atoms with Crippen molar-refractivity contribution in [3.63, 3.8) is 0 Å². The molecule has 1 aromatic rings. The Kier molecular flexibility index (Phi) is 11.9. The fourth-order valence-corrected chi connectivity index (χ4v) is 2.47. The van der Waals surface area contributed by atoms with Crippen molar-refractivity contribution in [2.45, 2.75) is 31.2 Å². The van der Waals surface area contributed by atoms with E-state index in [1.807, 2.05) is 0 Å². The second-order valence-electron chi connectivity index (χ2n) is 4.30. The molecule has 112 valence electrons. The number of aliphatic carboxylic acids is 1. The van der Waals surface area contributed by atoms with Crippen LogP contribution < -0.4 is 75.1 Å². The number of carboxylic acid groups (broad SMARTS) is 1. The van der Waals surface area contributed by atoms with Gasteiger partial charge in [-0.25, -0.2) is 13.8 Å². The maximum Gasteiger partial charge on any atom is 1.00 e. The van der Waals surface area contributed by atoms with Crippen LogP contribution in [0, 0.1) is 6.92 Å². The Balaban J connectivity index is 0. The van der Waals surface area contributed by atoms with Gasteiger partial charge in [0.05, 0.1) is 15.6 Å². The van der Waals surface area contributed by atoms with Crippen molar-refractivity contribution in [1.29, 1.82) is 0 Å². The van der Waals surface area contributed by atoms with Crippen molar-refractivity contribution in [2.75, 3.05) is 5.43 Å².